The van der Waals surface area contributed by atoms with Crippen molar-refractivity contribution in [3.63, 3.8) is 0 Å². The first kappa shape index (κ1) is 36.0. The van der Waals surface area contributed by atoms with Crippen molar-refractivity contribution in [3.8, 4) is 22.5 Å². The average Bonchev–Trinajstić information content (AvgIpc) is 3.67. The molecule has 0 fully saturated rings. The third-order valence-corrected chi connectivity index (χ3v) is 9.41. The van der Waals surface area contributed by atoms with Crippen LogP contribution in [0.25, 0.3) is 44.6 Å². The molecule has 4 heterocycles. The highest BCUT2D eigenvalue weighted by atomic mass is 16.1. The maximum Gasteiger partial charge on any atom is 0.249 e. The van der Waals surface area contributed by atoms with Crippen LogP contribution >= 0.6 is 0 Å². The minimum atomic E-state index is -0.533. The van der Waals surface area contributed by atoms with Gasteiger partial charge in [-0.3, -0.25) is 14.6 Å². The van der Waals surface area contributed by atoms with Gasteiger partial charge in [-0.1, -0.05) is 6.07 Å². The van der Waals surface area contributed by atoms with Crippen molar-refractivity contribution in [2.75, 3.05) is 13.1 Å². The van der Waals surface area contributed by atoms with E-state index in [1.165, 1.54) is 6.33 Å². The molecule has 262 valence electrons. The van der Waals surface area contributed by atoms with E-state index in [4.69, 9.17) is 5.73 Å². The zero-order valence-corrected chi connectivity index (χ0v) is 30.5. The average molecular weight is 668 g/mol. The minimum Gasteiger partial charge on any atom is -0.366 e. The summed E-state index contributed by atoms with van der Waals surface area (Å²) in [5, 5.41) is 11.0. The van der Waals surface area contributed by atoms with Crippen molar-refractivity contribution in [2.45, 2.75) is 118 Å². The molecule has 0 unspecified atom stereocenters. The number of carbonyl (C=O) groups is 1. The van der Waals surface area contributed by atoms with E-state index in [2.05, 4.69) is 95.3 Å². The Kier molecular flexibility index (Phi) is 11.7. The lowest BCUT2D eigenvalue weighted by molar-refractivity contribution is 0.100. The number of nitrogens with zero attached hydrogens (tertiary/aromatic N) is 10. The molecule has 1 aromatic carbocycles. The Morgan fingerprint density at radius 3 is 1.61 bits per heavy atom. The molecule has 0 spiro atoms. The summed E-state index contributed by atoms with van der Waals surface area (Å²) < 4.78 is 3.88. The molecule has 0 saturated carbocycles. The van der Waals surface area contributed by atoms with E-state index in [1.54, 1.807) is 18.6 Å². The Bertz CT molecular complexity index is 1840. The van der Waals surface area contributed by atoms with Gasteiger partial charge in [-0.05, 0) is 106 Å². The summed E-state index contributed by atoms with van der Waals surface area (Å²) in [6, 6.07) is 7.59. The van der Waals surface area contributed by atoms with Crippen molar-refractivity contribution in [1.82, 2.24) is 49.3 Å². The molecule has 0 aliphatic rings. The topological polar surface area (TPSA) is 137 Å². The summed E-state index contributed by atoms with van der Waals surface area (Å²) in [6.45, 7) is 21.6. The Morgan fingerprint density at radius 2 is 1.14 bits per heavy atom. The third-order valence-electron chi connectivity index (χ3n) is 9.41. The molecule has 0 bridgehead atoms. The normalized spacial score (nSPS) is 12.4. The van der Waals surface area contributed by atoms with Gasteiger partial charge in [-0.2, -0.15) is 10.2 Å². The van der Waals surface area contributed by atoms with Crippen LogP contribution in [0.2, 0.25) is 0 Å². The standard InChI is InChI=1S/C37H53N11O/c1-24(2)45(25(3)4)15-9-11-17-47-36-31(20-43-47)33(39-22-41-36)28-13-14-29(35(38)49)30(19-28)34-32-21-44-48(37(32)42-23-40-34)18-12-10-16-46(26(5)6)27(7)8/h13-14,19-27H,9-12,15-18H2,1-8H3,(H2,38,49). The van der Waals surface area contributed by atoms with Gasteiger partial charge in [0.1, 0.15) is 12.7 Å². The van der Waals surface area contributed by atoms with Gasteiger partial charge in [0.05, 0.1) is 34.6 Å². The van der Waals surface area contributed by atoms with Crippen LogP contribution in [-0.2, 0) is 13.1 Å². The van der Waals surface area contributed by atoms with E-state index in [1.807, 2.05) is 27.7 Å². The number of fused-ring (bicyclic) bond motifs is 2. The molecule has 49 heavy (non-hydrogen) atoms. The third kappa shape index (κ3) is 8.13. The fourth-order valence-electron chi connectivity index (χ4n) is 7.00. The van der Waals surface area contributed by atoms with Gasteiger partial charge in [-0.25, -0.2) is 29.3 Å². The first-order valence-corrected chi connectivity index (χ1v) is 17.8. The van der Waals surface area contributed by atoms with Crippen molar-refractivity contribution in [3.05, 3.63) is 48.8 Å². The molecule has 0 radical (unpaired) electrons. The van der Waals surface area contributed by atoms with Gasteiger partial charge < -0.3 is 5.73 Å². The molecule has 5 aromatic rings. The second-order valence-electron chi connectivity index (χ2n) is 14.0. The summed E-state index contributed by atoms with van der Waals surface area (Å²) in [4.78, 5) is 36.2. The molecule has 2 N–H and O–H groups in total. The quantitative estimate of drug-likeness (QED) is 0.115. The summed E-state index contributed by atoms with van der Waals surface area (Å²) in [5.41, 5.74) is 10.5. The maximum absolute atomic E-state index is 12.7. The first-order chi connectivity index (χ1) is 23.5. The van der Waals surface area contributed by atoms with Crippen LogP contribution in [0.3, 0.4) is 0 Å². The van der Waals surface area contributed by atoms with Crippen LogP contribution in [0.1, 0.15) is 91.4 Å². The molecule has 0 aliphatic heterocycles. The maximum atomic E-state index is 12.7. The van der Waals surface area contributed by atoms with Crippen molar-refractivity contribution in [2.24, 2.45) is 5.73 Å². The van der Waals surface area contributed by atoms with E-state index < -0.39 is 5.91 Å². The van der Waals surface area contributed by atoms with Crippen LogP contribution in [0.15, 0.2) is 43.2 Å². The molecule has 12 heteroatoms. The number of aromatic nitrogens is 8. The number of benzene rings is 1. The monoisotopic (exact) mass is 667 g/mol. The van der Waals surface area contributed by atoms with Gasteiger partial charge in [0.25, 0.3) is 0 Å². The fraction of sp³-hybridized carbons (Fsp3) is 0.541. The molecule has 0 saturated heterocycles. The summed E-state index contributed by atoms with van der Waals surface area (Å²) >= 11 is 0. The van der Waals surface area contributed by atoms with E-state index in [-0.39, 0.29) is 0 Å². The van der Waals surface area contributed by atoms with Crippen LogP contribution in [0, 0.1) is 0 Å². The number of primary amides is 1. The van der Waals surface area contributed by atoms with E-state index in [0.29, 0.717) is 41.0 Å². The SMILES string of the molecule is CC(C)N(CCCCn1ncc2c(-c3ccc(C(N)=O)c(-c4ncnc5c4cnn5CCCCN(C(C)C)C(C)C)c3)ncnc21)C(C)C. The van der Waals surface area contributed by atoms with Gasteiger partial charge in [0.15, 0.2) is 11.3 Å². The molecule has 12 nitrogen and oxygen atoms in total. The number of hydrogen-bond acceptors (Lipinski definition) is 9. The van der Waals surface area contributed by atoms with Crippen LogP contribution < -0.4 is 5.73 Å². The van der Waals surface area contributed by atoms with Crippen LogP contribution in [0.5, 0.6) is 0 Å². The van der Waals surface area contributed by atoms with Gasteiger partial charge in [0, 0.05) is 53.9 Å². The first-order valence-electron chi connectivity index (χ1n) is 17.8. The highest BCUT2D eigenvalue weighted by molar-refractivity contribution is 6.04. The smallest absolute Gasteiger partial charge is 0.249 e. The molecule has 1 amide bonds. The zero-order valence-electron chi connectivity index (χ0n) is 30.5. The number of amides is 1. The molecular formula is C37H53N11O. The van der Waals surface area contributed by atoms with Gasteiger partial charge in [-0.15, -0.1) is 0 Å². The summed E-state index contributed by atoms with van der Waals surface area (Å²) in [7, 11) is 0. The number of nitrogens with two attached hydrogens (primary N) is 1. The molecular weight excluding hydrogens is 614 g/mol. The number of carbonyl (C=O) groups excluding carboxylic acids is 1. The largest absolute Gasteiger partial charge is 0.366 e. The molecule has 4 aromatic heterocycles. The van der Waals surface area contributed by atoms with E-state index in [0.717, 1.165) is 85.2 Å². The number of rotatable bonds is 17. The van der Waals surface area contributed by atoms with Crippen molar-refractivity contribution >= 4 is 28.0 Å². The predicted octanol–water partition coefficient (Wildman–Crippen LogP) is 6.20. The molecule has 0 aliphatic carbocycles. The lowest BCUT2D eigenvalue weighted by Crippen LogP contribution is -2.37. The second-order valence-corrected chi connectivity index (χ2v) is 14.0. The fourth-order valence-corrected chi connectivity index (χ4v) is 7.00. The van der Waals surface area contributed by atoms with Crippen molar-refractivity contribution < 1.29 is 4.79 Å². The van der Waals surface area contributed by atoms with Crippen LogP contribution in [-0.4, -0.2) is 92.5 Å². The second kappa shape index (κ2) is 15.9. The highest BCUT2D eigenvalue weighted by Gasteiger charge is 2.20. The van der Waals surface area contributed by atoms with E-state index in [9.17, 15) is 4.79 Å². The minimum absolute atomic E-state index is 0.372. The van der Waals surface area contributed by atoms with Gasteiger partial charge in [0.2, 0.25) is 5.91 Å². The Labute approximate surface area is 290 Å². The summed E-state index contributed by atoms with van der Waals surface area (Å²) in [5.74, 6) is -0.533. The Morgan fingerprint density at radius 1 is 0.673 bits per heavy atom. The zero-order chi connectivity index (χ0) is 35.2. The van der Waals surface area contributed by atoms with Crippen molar-refractivity contribution in [1.29, 1.82) is 0 Å². The lowest BCUT2D eigenvalue weighted by Gasteiger charge is -2.30. The van der Waals surface area contributed by atoms with Crippen LogP contribution in [0.4, 0.5) is 0 Å². The van der Waals surface area contributed by atoms with Gasteiger partial charge >= 0.3 is 0 Å². The molecule has 5 rings (SSSR count). The summed E-state index contributed by atoms with van der Waals surface area (Å²) in [6.07, 6.45) is 10.8. The Balaban J connectivity index is 1.39. The van der Waals surface area contributed by atoms with E-state index >= 15 is 0 Å². The Hall–Kier alpha value is -4.29. The number of hydrogen-bond donors (Lipinski definition) is 1. The number of aryl methyl sites for hydroxylation is 2. The number of unbranched alkanes of at least 4 members (excludes halogenated alkanes) is 2. The molecule has 0 atom stereocenters. The highest BCUT2D eigenvalue weighted by Crippen LogP contribution is 2.34. The predicted molar refractivity (Wildman–Crippen MR) is 196 cm³/mol. The lowest BCUT2D eigenvalue weighted by atomic mass is 9.97.